The van der Waals surface area contributed by atoms with Crippen molar-refractivity contribution >= 4 is 5.78 Å². The number of nitrogens with zero attached hydrogens (tertiary/aromatic N) is 2. The number of hydrogen-bond acceptors (Lipinski definition) is 2. The van der Waals surface area contributed by atoms with Crippen molar-refractivity contribution in [2.45, 2.75) is 6.42 Å². The molecule has 1 aromatic carbocycles. The Morgan fingerprint density at radius 1 is 1.35 bits per heavy atom. The molecule has 1 heterocycles. The zero-order valence-corrected chi connectivity index (χ0v) is 9.15. The van der Waals surface area contributed by atoms with Gasteiger partial charge in [0.1, 0.15) is 0 Å². The van der Waals surface area contributed by atoms with Crippen LogP contribution in [0, 0.1) is 11.6 Å². The monoisotopic (exact) mass is 236 g/mol. The number of carbonyl (C=O) groups excluding carboxylic acids is 1. The summed E-state index contributed by atoms with van der Waals surface area (Å²) < 4.78 is 27.2. The first-order valence-corrected chi connectivity index (χ1v) is 5.02. The smallest absolute Gasteiger partial charge is 0.202 e. The van der Waals surface area contributed by atoms with Crippen LogP contribution >= 0.6 is 0 Å². The van der Waals surface area contributed by atoms with Gasteiger partial charge in [-0.1, -0.05) is 6.07 Å². The first-order valence-electron chi connectivity index (χ1n) is 5.02. The molecule has 0 spiro atoms. The van der Waals surface area contributed by atoms with Gasteiger partial charge in [-0.25, -0.2) is 13.8 Å². The number of aryl methyl sites for hydroxylation is 1. The molecule has 0 aliphatic rings. The Morgan fingerprint density at radius 2 is 2.12 bits per heavy atom. The highest BCUT2D eigenvalue weighted by Gasteiger charge is 2.12. The lowest BCUT2D eigenvalue weighted by atomic mass is 10.1. The number of ketones is 1. The number of benzene rings is 1. The Kier molecular flexibility index (Phi) is 2.99. The van der Waals surface area contributed by atoms with Crippen molar-refractivity contribution < 1.29 is 13.6 Å². The van der Waals surface area contributed by atoms with E-state index in [0.29, 0.717) is 11.4 Å². The van der Waals surface area contributed by atoms with Crippen molar-refractivity contribution in [2.24, 2.45) is 7.05 Å². The number of imidazole rings is 1. The van der Waals surface area contributed by atoms with Gasteiger partial charge in [0.25, 0.3) is 0 Å². The number of Topliss-reactive ketones (excluding diaryl/α,β-unsaturated/α-hetero) is 1. The molecule has 2 aromatic rings. The number of hydrogen-bond donors (Lipinski definition) is 0. The molecule has 0 N–H and O–H groups in total. The SMILES string of the molecule is Cn1ccnc1C(=O)Cc1ccc(F)c(F)c1. The molecule has 0 bridgehead atoms. The van der Waals surface area contributed by atoms with Crippen molar-refractivity contribution in [3.63, 3.8) is 0 Å². The van der Waals surface area contributed by atoms with Crippen LogP contribution in [0.2, 0.25) is 0 Å². The zero-order valence-electron chi connectivity index (χ0n) is 9.15. The molecule has 88 valence electrons. The Bertz CT molecular complexity index is 563. The fourth-order valence-electron chi connectivity index (χ4n) is 1.55. The van der Waals surface area contributed by atoms with E-state index < -0.39 is 11.6 Å². The Balaban J connectivity index is 2.19. The molecular weight excluding hydrogens is 226 g/mol. The standard InChI is InChI=1S/C12H10F2N2O/c1-16-5-4-15-12(16)11(17)7-8-2-3-9(13)10(14)6-8/h2-6H,7H2,1H3. The average molecular weight is 236 g/mol. The van der Waals surface area contributed by atoms with Gasteiger partial charge in [0.2, 0.25) is 5.78 Å². The lowest BCUT2D eigenvalue weighted by molar-refractivity contribution is 0.0980. The maximum absolute atomic E-state index is 12.9. The van der Waals surface area contributed by atoms with Crippen LogP contribution in [0.5, 0.6) is 0 Å². The molecule has 5 heteroatoms. The molecule has 0 fully saturated rings. The third-order valence-electron chi connectivity index (χ3n) is 2.42. The molecule has 1 aromatic heterocycles. The Hall–Kier alpha value is -2.04. The van der Waals surface area contributed by atoms with Crippen LogP contribution in [0.25, 0.3) is 0 Å². The van der Waals surface area contributed by atoms with E-state index in [0.717, 1.165) is 12.1 Å². The summed E-state index contributed by atoms with van der Waals surface area (Å²) in [7, 11) is 1.70. The van der Waals surface area contributed by atoms with E-state index in [1.54, 1.807) is 17.8 Å². The fraction of sp³-hybridized carbons (Fsp3) is 0.167. The fourth-order valence-corrected chi connectivity index (χ4v) is 1.55. The second-order valence-electron chi connectivity index (χ2n) is 3.71. The lowest BCUT2D eigenvalue weighted by Crippen LogP contribution is -2.10. The quantitative estimate of drug-likeness (QED) is 0.765. The van der Waals surface area contributed by atoms with Crippen molar-refractivity contribution in [3.8, 4) is 0 Å². The first kappa shape index (κ1) is 11.4. The minimum absolute atomic E-state index is 0.00204. The summed E-state index contributed by atoms with van der Waals surface area (Å²) >= 11 is 0. The molecule has 2 rings (SSSR count). The zero-order chi connectivity index (χ0) is 12.4. The van der Waals surface area contributed by atoms with Gasteiger partial charge in [0.05, 0.1) is 0 Å². The molecule has 3 nitrogen and oxygen atoms in total. The van der Waals surface area contributed by atoms with Crippen LogP contribution < -0.4 is 0 Å². The van der Waals surface area contributed by atoms with E-state index in [1.807, 2.05) is 0 Å². The number of aromatic nitrogens is 2. The molecule has 0 saturated carbocycles. The van der Waals surface area contributed by atoms with E-state index in [4.69, 9.17) is 0 Å². The average Bonchev–Trinajstić information content (AvgIpc) is 2.70. The molecule has 0 amide bonds. The molecule has 0 aliphatic carbocycles. The largest absolute Gasteiger partial charge is 0.332 e. The van der Waals surface area contributed by atoms with Crippen molar-refractivity contribution in [1.82, 2.24) is 9.55 Å². The summed E-state index contributed by atoms with van der Waals surface area (Å²) in [5.41, 5.74) is 0.428. The van der Waals surface area contributed by atoms with Gasteiger partial charge in [-0.2, -0.15) is 0 Å². The van der Waals surface area contributed by atoms with E-state index in [1.165, 1.54) is 12.3 Å². The molecule has 0 unspecified atom stereocenters. The molecule has 0 saturated heterocycles. The maximum Gasteiger partial charge on any atom is 0.202 e. The summed E-state index contributed by atoms with van der Waals surface area (Å²) in [5, 5.41) is 0. The van der Waals surface area contributed by atoms with Crippen molar-refractivity contribution in [2.75, 3.05) is 0 Å². The van der Waals surface area contributed by atoms with Crippen LogP contribution in [-0.4, -0.2) is 15.3 Å². The van der Waals surface area contributed by atoms with E-state index in [2.05, 4.69) is 4.98 Å². The third kappa shape index (κ3) is 2.38. The van der Waals surface area contributed by atoms with Crippen LogP contribution in [0.1, 0.15) is 16.2 Å². The topological polar surface area (TPSA) is 34.9 Å². The van der Waals surface area contributed by atoms with Gasteiger partial charge in [-0.3, -0.25) is 4.79 Å². The number of rotatable bonds is 3. The third-order valence-corrected chi connectivity index (χ3v) is 2.42. The Morgan fingerprint density at radius 3 is 2.71 bits per heavy atom. The van der Waals surface area contributed by atoms with Gasteiger partial charge in [0, 0.05) is 25.9 Å². The number of halogens is 2. The molecule has 0 aliphatic heterocycles. The summed E-state index contributed by atoms with van der Waals surface area (Å²) in [6, 6.07) is 3.42. The lowest BCUT2D eigenvalue weighted by Gasteiger charge is -2.02. The molecule has 0 atom stereocenters. The van der Waals surface area contributed by atoms with E-state index >= 15 is 0 Å². The highest BCUT2D eigenvalue weighted by molar-refractivity contribution is 5.94. The normalized spacial score (nSPS) is 10.5. The highest BCUT2D eigenvalue weighted by Crippen LogP contribution is 2.11. The number of carbonyl (C=O) groups is 1. The van der Waals surface area contributed by atoms with Gasteiger partial charge in [-0.05, 0) is 17.7 Å². The summed E-state index contributed by atoms with van der Waals surface area (Å²) in [4.78, 5) is 15.7. The van der Waals surface area contributed by atoms with Gasteiger partial charge in [0.15, 0.2) is 17.5 Å². The highest BCUT2D eigenvalue weighted by atomic mass is 19.2. The summed E-state index contributed by atoms with van der Waals surface area (Å²) in [5.74, 6) is -1.80. The van der Waals surface area contributed by atoms with Gasteiger partial charge in [-0.15, -0.1) is 0 Å². The van der Waals surface area contributed by atoms with Crippen molar-refractivity contribution in [3.05, 3.63) is 53.6 Å². The van der Waals surface area contributed by atoms with E-state index in [9.17, 15) is 13.6 Å². The van der Waals surface area contributed by atoms with Gasteiger partial charge >= 0.3 is 0 Å². The second-order valence-corrected chi connectivity index (χ2v) is 3.71. The maximum atomic E-state index is 12.9. The summed E-state index contributed by atoms with van der Waals surface area (Å²) in [6.07, 6.45) is 3.17. The predicted molar refractivity (Wildman–Crippen MR) is 57.6 cm³/mol. The molecular formula is C12H10F2N2O. The minimum atomic E-state index is -0.949. The summed E-state index contributed by atoms with van der Waals surface area (Å²) in [6.45, 7) is 0. The Labute approximate surface area is 96.7 Å². The van der Waals surface area contributed by atoms with Crippen molar-refractivity contribution in [1.29, 1.82) is 0 Å². The predicted octanol–water partition coefficient (Wildman–Crippen LogP) is 2.12. The van der Waals surface area contributed by atoms with Crippen LogP contribution in [0.3, 0.4) is 0 Å². The second kappa shape index (κ2) is 4.45. The first-order chi connectivity index (χ1) is 8.08. The molecule has 0 radical (unpaired) electrons. The van der Waals surface area contributed by atoms with Gasteiger partial charge < -0.3 is 4.57 Å². The minimum Gasteiger partial charge on any atom is -0.332 e. The van der Waals surface area contributed by atoms with E-state index in [-0.39, 0.29) is 12.2 Å². The van der Waals surface area contributed by atoms with Crippen LogP contribution in [-0.2, 0) is 13.5 Å². The molecule has 17 heavy (non-hydrogen) atoms. The van der Waals surface area contributed by atoms with Crippen LogP contribution in [0.4, 0.5) is 8.78 Å². The van der Waals surface area contributed by atoms with Crippen LogP contribution in [0.15, 0.2) is 30.6 Å².